The lowest BCUT2D eigenvalue weighted by atomic mass is 10.0. The highest BCUT2D eigenvalue weighted by atomic mass is 35.5. The third kappa shape index (κ3) is 6.12. The molecule has 2 N–H and O–H groups in total. The highest BCUT2D eigenvalue weighted by Gasteiger charge is 2.20. The number of piperidine rings is 1. The zero-order valence-corrected chi connectivity index (χ0v) is 15.9. The van der Waals surface area contributed by atoms with E-state index in [4.69, 9.17) is 16.0 Å². The third-order valence-electron chi connectivity index (χ3n) is 4.65. The molecule has 0 aliphatic carbocycles. The van der Waals surface area contributed by atoms with Gasteiger partial charge >= 0.3 is 0 Å². The molecule has 27 heavy (non-hydrogen) atoms. The average Bonchev–Trinajstić information content (AvgIpc) is 3.20. The summed E-state index contributed by atoms with van der Waals surface area (Å²) in [7, 11) is 0. The van der Waals surface area contributed by atoms with E-state index >= 15 is 0 Å². The molecule has 144 valence electrons. The van der Waals surface area contributed by atoms with Gasteiger partial charge in [-0.25, -0.2) is 0 Å². The van der Waals surface area contributed by atoms with Crippen molar-refractivity contribution in [3.05, 3.63) is 59.0 Å². The first-order chi connectivity index (χ1) is 13.1. The van der Waals surface area contributed by atoms with Gasteiger partial charge in [0.05, 0.1) is 6.26 Å². The molecule has 0 bridgehead atoms. The Bertz CT molecular complexity index is 738. The van der Waals surface area contributed by atoms with Crippen molar-refractivity contribution < 1.29 is 14.0 Å². The minimum atomic E-state index is -0.302. The van der Waals surface area contributed by atoms with Crippen LogP contribution in [0.25, 0.3) is 0 Å². The standard InChI is InChI=1S/C20H24ClN3O3/c21-16-5-3-15(4-6-16)14-24-11-8-17(9-12-24)23-19(25)7-10-22-20(26)18-2-1-13-27-18/h1-6,13,17H,7-12,14H2,(H,22,26)(H,23,25). The third-order valence-corrected chi connectivity index (χ3v) is 4.91. The Hall–Kier alpha value is -2.31. The fourth-order valence-electron chi connectivity index (χ4n) is 3.17. The largest absolute Gasteiger partial charge is 0.459 e. The molecule has 0 radical (unpaired) electrons. The lowest BCUT2D eigenvalue weighted by Crippen LogP contribution is -2.45. The van der Waals surface area contributed by atoms with Crippen molar-refractivity contribution in [1.82, 2.24) is 15.5 Å². The van der Waals surface area contributed by atoms with Crippen molar-refractivity contribution in [3.8, 4) is 0 Å². The number of carbonyl (C=O) groups excluding carboxylic acids is 2. The van der Waals surface area contributed by atoms with E-state index in [1.807, 2.05) is 24.3 Å². The quantitative estimate of drug-likeness (QED) is 0.763. The number of nitrogens with zero attached hydrogens (tertiary/aromatic N) is 1. The van der Waals surface area contributed by atoms with Gasteiger partial charge in [0, 0.05) is 43.7 Å². The second kappa shape index (κ2) is 9.58. The summed E-state index contributed by atoms with van der Waals surface area (Å²) in [6.07, 6.45) is 3.56. The molecule has 1 aromatic heterocycles. The highest BCUT2D eigenvalue weighted by molar-refractivity contribution is 6.30. The molecule has 1 aromatic carbocycles. The summed E-state index contributed by atoms with van der Waals surface area (Å²) >= 11 is 5.92. The number of furan rings is 1. The van der Waals surface area contributed by atoms with Crippen LogP contribution in [0.2, 0.25) is 5.02 Å². The summed E-state index contributed by atoms with van der Waals surface area (Å²) in [5, 5.41) is 6.49. The first kappa shape index (κ1) is 19.5. The van der Waals surface area contributed by atoms with Gasteiger partial charge in [0.1, 0.15) is 0 Å². The van der Waals surface area contributed by atoms with Crippen molar-refractivity contribution >= 4 is 23.4 Å². The van der Waals surface area contributed by atoms with E-state index < -0.39 is 0 Å². The van der Waals surface area contributed by atoms with Gasteiger partial charge in [-0.3, -0.25) is 14.5 Å². The molecule has 1 saturated heterocycles. The predicted molar refractivity (Wildman–Crippen MR) is 104 cm³/mol. The van der Waals surface area contributed by atoms with Crippen LogP contribution < -0.4 is 10.6 Å². The fourth-order valence-corrected chi connectivity index (χ4v) is 3.29. The lowest BCUT2D eigenvalue weighted by Gasteiger charge is -2.32. The van der Waals surface area contributed by atoms with Crippen LogP contribution in [0.1, 0.15) is 35.4 Å². The summed E-state index contributed by atoms with van der Waals surface area (Å²) in [5.41, 5.74) is 1.24. The van der Waals surface area contributed by atoms with Gasteiger partial charge in [0.2, 0.25) is 5.91 Å². The molecular formula is C20H24ClN3O3. The van der Waals surface area contributed by atoms with Crippen LogP contribution in [0.5, 0.6) is 0 Å². The first-order valence-electron chi connectivity index (χ1n) is 9.18. The highest BCUT2D eigenvalue weighted by Crippen LogP contribution is 2.16. The molecule has 1 aliphatic heterocycles. The number of hydrogen-bond acceptors (Lipinski definition) is 4. The fraction of sp³-hybridized carbons (Fsp3) is 0.400. The van der Waals surface area contributed by atoms with Crippen molar-refractivity contribution in [3.63, 3.8) is 0 Å². The second-order valence-corrected chi connectivity index (χ2v) is 7.16. The molecule has 1 fully saturated rings. The van der Waals surface area contributed by atoms with Gasteiger partial charge in [-0.1, -0.05) is 23.7 Å². The van der Waals surface area contributed by atoms with Gasteiger partial charge in [-0.05, 0) is 42.7 Å². The van der Waals surface area contributed by atoms with Crippen LogP contribution in [0.15, 0.2) is 47.1 Å². The Morgan fingerprint density at radius 3 is 2.56 bits per heavy atom. The number of hydrogen-bond donors (Lipinski definition) is 2. The Balaban J connectivity index is 1.32. The minimum absolute atomic E-state index is 0.0362. The van der Waals surface area contributed by atoms with E-state index in [-0.39, 0.29) is 30.0 Å². The van der Waals surface area contributed by atoms with E-state index in [2.05, 4.69) is 15.5 Å². The van der Waals surface area contributed by atoms with Crippen LogP contribution in [0, 0.1) is 0 Å². The van der Waals surface area contributed by atoms with Crippen LogP contribution >= 0.6 is 11.6 Å². The van der Waals surface area contributed by atoms with E-state index in [9.17, 15) is 9.59 Å². The van der Waals surface area contributed by atoms with Crippen LogP contribution in [0.4, 0.5) is 0 Å². The van der Waals surface area contributed by atoms with Crippen LogP contribution in [0.3, 0.4) is 0 Å². The molecule has 0 atom stereocenters. The van der Waals surface area contributed by atoms with E-state index in [0.717, 1.165) is 37.5 Å². The normalized spacial score (nSPS) is 15.4. The van der Waals surface area contributed by atoms with Crippen molar-refractivity contribution in [2.75, 3.05) is 19.6 Å². The molecule has 0 saturated carbocycles. The van der Waals surface area contributed by atoms with Gasteiger partial charge in [-0.2, -0.15) is 0 Å². The smallest absolute Gasteiger partial charge is 0.286 e. The van der Waals surface area contributed by atoms with Crippen LogP contribution in [-0.4, -0.2) is 42.4 Å². The maximum absolute atomic E-state index is 12.1. The number of carbonyl (C=O) groups is 2. The van der Waals surface area contributed by atoms with E-state index in [0.29, 0.717) is 6.54 Å². The van der Waals surface area contributed by atoms with Gasteiger partial charge in [0.15, 0.2) is 5.76 Å². The zero-order valence-electron chi connectivity index (χ0n) is 15.1. The zero-order chi connectivity index (χ0) is 19.1. The Labute approximate surface area is 163 Å². The molecule has 0 unspecified atom stereocenters. The molecule has 2 aromatic rings. The topological polar surface area (TPSA) is 74.6 Å². The van der Waals surface area contributed by atoms with Crippen molar-refractivity contribution in [1.29, 1.82) is 0 Å². The minimum Gasteiger partial charge on any atom is -0.459 e. The Morgan fingerprint density at radius 2 is 1.89 bits per heavy atom. The number of amides is 2. The molecule has 2 amide bonds. The molecule has 7 heteroatoms. The lowest BCUT2D eigenvalue weighted by molar-refractivity contribution is -0.122. The molecule has 0 spiro atoms. The summed E-state index contributed by atoms with van der Waals surface area (Å²) in [6, 6.07) is 11.4. The number of halogens is 1. The van der Waals surface area contributed by atoms with Gasteiger partial charge in [0.25, 0.3) is 5.91 Å². The van der Waals surface area contributed by atoms with Crippen LogP contribution in [-0.2, 0) is 11.3 Å². The number of benzene rings is 1. The first-order valence-corrected chi connectivity index (χ1v) is 9.56. The SMILES string of the molecule is O=C(CCNC(=O)c1ccco1)NC1CCN(Cc2ccc(Cl)cc2)CC1. The maximum atomic E-state index is 12.1. The summed E-state index contributed by atoms with van der Waals surface area (Å²) < 4.78 is 5.01. The number of nitrogens with one attached hydrogen (secondary N) is 2. The second-order valence-electron chi connectivity index (χ2n) is 6.73. The average molecular weight is 390 g/mol. The Morgan fingerprint density at radius 1 is 1.15 bits per heavy atom. The van der Waals surface area contributed by atoms with Crippen molar-refractivity contribution in [2.24, 2.45) is 0 Å². The predicted octanol–water partition coefficient (Wildman–Crippen LogP) is 2.83. The molecule has 1 aliphatic rings. The summed E-state index contributed by atoms with van der Waals surface area (Å²) in [6.45, 7) is 3.09. The van der Waals surface area contributed by atoms with E-state index in [1.165, 1.54) is 11.8 Å². The molecule has 3 rings (SSSR count). The van der Waals surface area contributed by atoms with Gasteiger partial charge in [-0.15, -0.1) is 0 Å². The molecule has 2 heterocycles. The molecule has 6 nitrogen and oxygen atoms in total. The van der Waals surface area contributed by atoms with E-state index in [1.54, 1.807) is 12.1 Å². The Kier molecular flexibility index (Phi) is 6.90. The summed E-state index contributed by atoms with van der Waals surface area (Å²) in [4.78, 5) is 26.2. The monoisotopic (exact) mass is 389 g/mol. The number of likely N-dealkylation sites (tertiary alicyclic amines) is 1. The van der Waals surface area contributed by atoms with Crippen molar-refractivity contribution in [2.45, 2.75) is 31.8 Å². The summed E-state index contributed by atoms with van der Waals surface area (Å²) in [5.74, 6) is -0.0855. The molecular weight excluding hydrogens is 366 g/mol. The maximum Gasteiger partial charge on any atom is 0.286 e. The van der Waals surface area contributed by atoms with Gasteiger partial charge < -0.3 is 15.1 Å². The number of rotatable bonds is 7.